The highest BCUT2D eigenvalue weighted by Gasteiger charge is 2.06. The van der Waals surface area contributed by atoms with Gasteiger partial charge in [0, 0.05) is 12.6 Å². The smallest absolute Gasteiger partial charge is 0.0202 e. The molecule has 1 aliphatic rings. The molecular formula is C18H35N3. The van der Waals surface area contributed by atoms with Crippen LogP contribution in [0.3, 0.4) is 0 Å². The van der Waals surface area contributed by atoms with E-state index >= 15 is 0 Å². The third kappa shape index (κ3) is 8.40. The van der Waals surface area contributed by atoms with E-state index < -0.39 is 0 Å². The second kappa shape index (κ2) is 12.0. The number of nitrogens with two attached hydrogens (primary N) is 1. The van der Waals surface area contributed by atoms with Crippen molar-refractivity contribution in [2.75, 3.05) is 26.2 Å². The maximum atomic E-state index is 5.67. The van der Waals surface area contributed by atoms with E-state index in [9.17, 15) is 0 Å². The minimum absolute atomic E-state index is 0.548. The Balaban J connectivity index is 2.02. The van der Waals surface area contributed by atoms with E-state index in [1.54, 1.807) is 0 Å². The van der Waals surface area contributed by atoms with E-state index in [1.807, 2.05) is 0 Å². The Morgan fingerprint density at radius 2 is 2.00 bits per heavy atom. The Morgan fingerprint density at radius 1 is 1.24 bits per heavy atom. The largest absolute Gasteiger partial charge is 0.330 e. The number of nitrogens with one attached hydrogen (secondary N) is 2. The van der Waals surface area contributed by atoms with Crippen LogP contribution in [0.4, 0.5) is 0 Å². The van der Waals surface area contributed by atoms with E-state index in [2.05, 4.69) is 42.7 Å². The Kier molecular flexibility index (Phi) is 10.5. The SMILES string of the molecule is CCCC(CCC)NCCCNCC1=CCC(CN)C=C1. The molecule has 0 fully saturated rings. The van der Waals surface area contributed by atoms with Gasteiger partial charge in [-0.2, -0.15) is 0 Å². The number of rotatable bonds is 12. The maximum Gasteiger partial charge on any atom is 0.0202 e. The zero-order chi connectivity index (χ0) is 15.3. The second-order valence-corrected chi connectivity index (χ2v) is 6.13. The van der Waals surface area contributed by atoms with Gasteiger partial charge in [-0.05, 0) is 56.8 Å². The Morgan fingerprint density at radius 3 is 2.57 bits per heavy atom. The summed E-state index contributed by atoms with van der Waals surface area (Å²) in [6, 6.07) is 0.720. The van der Waals surface area contributed by atoms with Crippen LogP contribution in [0, 0.1) is 5.92 Å². The molecule has 0 saturated carbocycles. The number of allylic oxidation sites excluding steroid dienone is 1. The highest BCUT2D eigenvalue weighted by atomic mass is 14.9. The molecule has 0 aliphatic heterocycles. The summed E-state index contributed by atoms with van der Waals surface area (Å²) in [5, 5.41) is 7.23. The minimum Gasteiger partial charge on any atom is -0.330 e. The summed E-state index contributed by atoms with van der Waals surface area (Å²) in [7, 11) is 0. The highest BCUT2D eigenvalue weighted by Crippen LogP contribution is 2.14. The van der Waals surface area contributed by atoms with Crippen LogP contribution in [0.15, 0.2) is 23.8 Å². The normalized spacial score (nSPS) is 18.3. The van der Waals surface area contributed by atoms with Crippen molar-refractivity contribution >= 4 is 0 Å². The van der Waals surface area contributed by atoms with Crippen molar-refractivity contribution in [3.8, 4) is 0 Å². The standard InChI is InChI=1S/C18H35N3/c1-3-6-18(7-4-2)21-13-5-12-20-15-17-10-8-16(14-19)9-11-17/h8,10-11,16,18,20-21H,3-7,9,12-15,19H2,1-2H3. The molecule has 1 atom stereocenters. The molecule has 0 spiro atoms. The van der Waals surface area contributed by atoms with Gasteiger partial charge in [0.15, 0.2) is 0 Å². The van der Waals surface area contributed by atoms with Crippen LogP contribution in [0.5, 0.6) is 0 Å². The van der Waals surface area contributed by atoms with Crippen LogP contribution in [0.1, 0.15) is 52.4 Å². The van der Waals surface area contributed by atoms with Crippen LogP contribution < -0.4 is 16.4 Å². The fraction of sp³-hybridized carbons (Fsp3) is 0.778. The summed E-state index contributed by atoms with van der Waals surface area (Å²) in [6.07, 6.45) is 14.3. The molecule has 1 unspecified atom stereocenters. The molecule has 0 aromatic carbocycles. The molecule has 1 rings (SSSR count). The van der Waals surface area contributed by atoms with Crippen molar-refractivity contribution in [3.63, 3.8) is 0 Å². The van der Waals surface area contributed by atoms with E-state index in [1.165, 1.54) is 37.7 Å². The average molecular weight is 293 g/mol. The molecule has 122 valence electrons. The minimum atomic E-state index is 0.548. The lowest BCUT2D eigenvalue weighted by Gasteiger charge is -2.17. The van der Waals surface area contributed by atoms with Gasteiger partial charge >= 0.3 is 0 Å². The molecule has 0 aromatic rings. The lowest BCUT2D eigenvalue weighted by molar-refractivity contribution is 0.438. The van der Waals surface area contributed by atoms with Gasteiger partial charge in [0.05, 0.1) is 0 Å². The molecular weight excluding hydrogens is 258 g/mol. The summed E-state index contributed by atoms with van der Waals surface area (Å²) in [5.41, 5.74) is 7.07. The van der Waals surface area contributed by atoms with Crippen LogP contribution in [0.2, 0.25) is 0 Å². The van der Waals surface area contributed by atoms with Gasteiger partial charge in [-0.1, -0.05) is 44.9 Å². The number of hydrogen-bond acceptors (Lipinski definition) is 3. The van der Waals surface area contributed by atoms with Crippen molar-refractivity contribution in [2.24, 2.45) is 11.7 Å². The molecule has 0 aromatic heterocycles. The van der Waals surface area contributed by atoms with E-state index in [0.717, 1.165) is 38.6 Å². The van der Waals surface area contributed by atoms with E-state index in [-0.39, 0.29) is 0 Å². The summed E-state index contributed by atoms with van der Waals surface area (Å²) in [6.45, 7) is 8.50. The molecule has 21 heavy (non-hydrogen) atoms. The summed E-state index contributed by atoms with van der Waals surface area (Å²) >= 11 is 0. The Bertz CT molecular complexity index is 304. The van der Waals surface area contributed by atoms with E-state index in [0.29, 0.717) is 5.92 Å². The first kappa shape index (κ1) is 18.4. The third-order valence-electron chi connectivity index (χ3n) is 4.13. The fourth-order valence-electron chi connectivity index (χ4n) is 2.81. The zero-order valence-corrected chi connectivity index (χ0v) is 14.0. The van der Waals surface area contributed by atoms with Crippen LogP contribution in [-0.4, -0.2) is 32.2 Å². The molecule has 0 amide bonds. The van der Waals surface area contributed by atoms with Gasteiger partial charge in [-0.3, -0.25) is 0 Å². The first-order valence-corrected chi connectivity index (χ1v) is 8.81. The van der Waals surface area contributed by atoms with Crippen LogP contribution in [0.25, 0.3) is 0 Å². The molecule has 0 heterocycles. The van der Waals surface area contributed by atoms with E-state index in [4.69, 9.17) is 5.73 Å². The Hall–Kier alpha value is -0.640. The fourth-order valence-corrected chi connectivity index (χ4v) is 2.81. The van der Waals surface area contributed by atoms with Gasteiger partial charge < -0.3 is 16.4 Å². The second-order valence-electron chi connectivity index (χ2n) is 6.13. The molecule has 3 heteroatoms. The van der Waals surface area contributed by atoms with Gasteiger partial charge in [0.1, 0.15) is 0 Å². The van der Waals surface area contributed by atoms with Crippen molar-refractivity contribution in [2.45, 2.75) is 58.4 Å². The third-order valence-corrected chi connectivity index (χ3v) is 4.13. The highest BCUT2D eigenvalue weighted by molar-refractivity contribution is 5.25. The molecule has 1 aliphatic carbocycles. The quantitative estimate of drug-likeness (QED) is 0.485. The molecule has 0 saturated heterocycles. The van der Waals surface area contributed by atoms with Gasteiger partial charge in [0.2, 0.25) is 0 Å². The van der Waals surface area contributed by atoms with Crippen LogP contribution >= 0.6 is 0 Å². The first-order valence-electron chi connectivity index (χ1n) is 8.81. The van der Waals surface area contributed by atoms with Crippen LogP contribution in [-0.2, 0) is 0 Å². The lowest BCUT2D eigenvalue weighted by Crippen LogP contribution is -2.31. The molecule has 3 nitrogen and oxygen atoms in total. The topological polar surface area (TPSA) is 50.1 Å². The van der Waals surface area contributed by atoms with Gasteiger partial charge in [0.25, 0.3) is 0 Å². The molecule has 0 bridgehead atoms. The summed E-state index contributed by atoms with van der Waals surface area (Å²) < 4.78 is 0. The van der Waals surface area contributed by atoms with Crippen molar-refractivity contribution in [1.82, 2.24) is 10.6 Å². The maximum absolute atomic E-state index is 5.67. The zero-order valence-electron chi connectivity index (χ0n) is 14.0. The molecule has 4 N–H and O–H groups in total. The van der Waals surface area contributed by atoms with Crippen molar-refractivity contribution in [1.29, 1.82) is 0 Å². The number of hydrogen-bond donors (Lipinski definition) is 3. The first-order chi connectivity index (χ1) is 10.3. The summed E-state index contributed by atoms with van der Waals surface area (Å²) in [4.78, 5) is 0. The predicted molar refractivity (Wildman–Crippen MR) is 93.5 cm³/mol. The monoisotopic (exact) mass is 293 g/mol. The summed E-state index contributed by atoms with van der Waals surface area (Å²) in [5.74, 6) is 0.548. The average Bonchev–Trinajstić information content (AvgIpc) is 2.51. The van der Waals surface area contributed by atoms with Gasteiger partial charge in [-0.15, -0.1) is 0 Å². The molecule has 0 radical (unpaired) electrons. The van der Waals surface area contributed by atoms with Crippen molar-refractivity contribution in [3.05, 3.63) is 23.8 Å². The van der Waals surface area contributed by atoms with Crippen molar-refractivity contribution < 1.29 is 0 Å². The Labute approximate surface area is 131 Å². The predicted octanol–water partition coefficient (Wildman–Crippen LogP) is 2.99. The van der Waals surface area contributed by atoms with Gasteiger partial charge in [-0.25, -0.2) is 0 Å². The lowest BCUT2D eigenvalue weighted by atomic mass is 9.97.